The van der Waals surface area contributed by atoms with E-state index in [1.165, 1.54) is 64.2 Å². The molecule has 0 heterocycles. The number of hydrogen-bond acceptors (Lipinski definition) is 0. The van der Waals surface area contributed by atoms with Crippen LogP contribution in [0.5, 0.6) is 0 Å². The van der Waals surface area contributed by atoms with Gasteiger partial charge in [0.2, 0.25) is 0 Å². The van der Waals surface area contributed by atoms with Gasteiger partial charge in [0, 0.05) is 0 Å². The second kappa shape index (κ2) is 16.9. The van der Waals surface area contributed by atoms with E-state index in [-0.39, 0.29) is 13.3 Å². The van der Waals surface area contributed by atoms with Crippen molar-refractivity contribution in [3.63, 3.8) is 0 Å². The van der Waals surface area contributed by atoms with Crippen molar-refractivity contribution >= 4 is 0 Å². The monoisotopic (exact) mass is 262 g/mol. The lowest BCUT2D eigenvalue weighted by Gasteiger charge is -2.02. The third-order valence-electron chi connectivity index (χ3n) is 3.52. The molecule has 0 spiro atoms. The first-order valence-electron chi connectivity index (χ1n) is 8.03. The van der Waals surface area contributed by atoms with Crippen LogP contribution in [0.15, 0.2) is 0 Å². The fourth-order valence-electron chi connectivity index (χ4n) is 2.31. The zero-order valence-electron chi connectivity index (χ0n) is 12.1. The van der Waals surface area contributed by atoms with Gasteiger partial charge in [-0.2, -0.15) is 0 Å². The van der Waals surface area contributed by atoms with E-state index in [1.54, 1.807) is 0 Å². The van der Waals surface area contributed by atoms with E-state index >= 15 is 0 Å². The highest BCUT2D eigenvalue weighted by Gasteiger charge is 1.94. The van der Waals surface area contributed by atoms with Gasteiger partial charge in [0.15, 0.2) is 0 Å². The summed E-state index contributed by atoms with van der Waals surface area (Å²) in [6.07, 6.45) is 16.7. The molecule has 0 aliphatic rings. The van der Waals surface area contributed by atoms with Crippen molar-refractivity contribution in [1.82, 2.24) is 0 Å². The van der Waals surface area contributed by atoms with E-state index < -0.39 is 0 Å². The lowest BCUT2D eigenvalue weighted by molar-refractivity contribution is 0.446. The Bertz CT molecular complexity index is 121. The van der Waals surface area contributed by atoms with Gasteiger partial charge in [-0.05, 0) is 12.8 Å². The molecule has 0 amide bonds. The molecule has 0 unspecified atom stereocenters. The summed E-state index contributed by atoms with van der Waals surface area (Å²) in [4.78, 5) is 0. The van der Waals surface area contributed by atoms with Gasteiger partial charge in [0.25, 0.3) is 0 Å². The highest BCUT2D eigenvalue weighted by Crippen LogP contribution is 2.12. The second-order valence-corrected chi connectivity index (χ2v) is 5.33. The maximum Gasteiger partial charge on any atom is 0.0894 e. The van der Waals surface area contributed by atoms with Crippen molar-refractivity contribution in [1.29, 1.82) is 0 Å². The van der Waals surface area contributed by atoms with E-state index in [0.29, 0.717) is 0 Å². The smallest absolute Gasteiger partial charge is 0.0894 e. The molecule has 0 aromatic carbocycles. The predicted octanol–water partition coefficient (Wildman–Crippen LogP) is 6.39. The lowest BCUT2D eigenvalue weighted by Crippen LogP contribution is -1.84. The van der Waals surface area contributed by atoms with Crippen LogP contribution < -0.4 is 0 Å². The van der Waals surface area contributed by atoms with Gasteiger partial charge in [0.1, 0.15) is 0 Å². The Morgan fingerprint density at radius 1 is 0.278 bits per heavy atom. The van der Waals surface area contributed by atoms with Crippen molar-refractivity contribution in [2.75, 3.05) is 13.3 Å². The Kier molecular flexibility index (Phi) is 16.7. The van der Waals surface area contributed by atoms with E-state index in [0.717, 1.165) is 25.7 Å². The Labute approximate surface area is 113 Å². The molecular formula is C16H32F2. The number of alkyl halides is 2. The first-order chi connectivity index (χ1) is 8.91. The molecule has 0 rings (SSSR count). The van der Waals surface area contributed by atoms with Crippen molar-refractivity contribution in [3.05, 3.63) is 0 Å². The number of rotatable bonds is 15. The van der Waals surface area contributed by atoms with Gasteiger partial charge in [-0.15, -0.1) is 0 Å². The van der Waals surface area contributed by atoms with Crippen LogP contribution in [0.1, 0.15) is 89.9 Å². The van der Waals surface area contributed by atoms with E-state index in [2.05, 4.69) is 0 Å². The molecule has 0 fully saturated rings. The van der Waals surface area contributed by atoms with Crippen LogP contribution in [0.2, 0.25) is 0 Å². The maximum atomic E-state index is 11.8. The molecule has 0 aliphatic heterocycles. The van der Waals surface area contributed by atoms with E-state index in [9.17, 15) is 8.78 Å². The third kappa shape index (κ3) is 15.9. The number of unbranched alkanes of at least 4 members (excludes halogenated alkanes) is 13. The summed E-state index contributed by atoms with van der Waals surface area (Å²) < 4.78 is 23.6. The van der Waals surface area contributed by atoms with Crippen LogP contribution in [-0.2, 0) is 0 Å². The van der Waals surface area contributed by atoms with Crippen LogP contribution in [0.3, 0.4) is 0 Å². The highest BCUT2D eigenvalue weighted by atomic mass is 19.1. The van der Waals surface area contributed by atoms with Crippen molar-refractivity contribution in [3.8, 4) is 0 Å². The second-order valence-electron chi connectivity index (χ2n) is 5.33. The maximum absolute atomic E-state index is 11.8. The quantitative estimate of drug-likeness (QED) is 0.300. The fraction of sp³-hybridized carbons (Fsp3) is 1.00. The molecule has 0 saturated carbocycles. The molecule has 0 aliphatic carbocycles. The Morgan fingerprint density at radius 2 is 0.444 bits per heavy atom. The normalized spacial score (nSPS) is 11.0. The Hall–Kier alpha value is -0.140. The summed E-state index contributed by atoms with van der Waals surface area (Å²) in [6.45, 7) is -0.295. The molecule has 0 atom stereocenters. The van der Waals surface area contributed by atoms with Gasteiger partial charge in [-0.25, -0.2) is 0 Å². The summed E-state index contributed by atoms with van der Waals surface area (Å²) in [7, 11) is 0. The topological polar surface area (TPSA) is 0 Å². The molecule has 0 bridgehead atoms. The molecule has 0 N–H and O–H groups in total. The number of hydrogen-bond donors (Lipinski definition) is 0. The molecule has 0 saturated heterocycles. The number of halogens is 2. The fourth-order valence-corrected chi connectivity index (χ4v) is 2.31. The largest absolute Gasteiger partial charge is 0.251 e. The molecular weight excluding hydrogens is 230 g/mol. The van der Waals surface area contributed by atoms with E-state index in [1.807, 2.05) is 0 Å². The van der Waals surface area contributed by atoms with Crippen molar-refractivity contribution < 1.29 is 8.78 Å². The van der Waals surface area contributed by atoms with Crippen LogP contribution in [-0.4, -0.2) is 13.3 Å². The molecule has 2 heteroatoms. The minimum atomic E-state index is -0.147. The average molecular weight is 262 g/mol. The summed E-state index contributed by atoms with van der Waals surface area (Å²) in [5.74, 6) is 0. The molecule has 0 nitrogen and oxygen atoms in total. The molecule has 110 valence electrons. The van der Waals surface area contributed by atoms with E-state index in [4.69, 9.17) is 0 Å². The van der Waals surface area contributed by atoms with Crippen molar-refractivity contribution in [2.45, 2.75) is 89.9 Å². The zero-order chi connectivity index (χ0) is 13.3. The molecule has 18 heavy (non-hydrogen) atoms. The summed E-state index contributed by atoms with van der Waals surface area (Å²) >= 11 is 0. The van der Waals surface area contributed by atoms with Gasteiger partial charge in [0.05, 0.1) is 13.3 Å². The molecule has 0 aromatic rings. The first kappa shape index (κ1) is 17.9. The SMILES string of the molecule is FCCCCCCCCCCCCCCCCF. The van der Waals surface area contributed by atoms with Gasteiger partial charge in [-0.3, -0.25) is 8.78 Å². The summed E-state index contributed by atoms with van der Waals surface area (Å²) in [5.41, 5.74) is 0. The van der Waals surface area contributed by atoms with Gasteiger partial charge < -0.3 is 0 Å². The van der Waals surface area contributed by atoms with Crippen LogP contribution >= 0.6 is 0 Å². The third-order valence-corrected chi connectivity index (χ3v) is 3.52. The van der Waals surface area contributed by atoms with Gasteiger partial charge in [-0.1, -0.05) is 77.0 Å². The van der Waals surface area contributed by atoms with Crippen LogP contribution in [0.25, 0.3) is 0 Å². The predicted molar refractivity (Wildman–Crippen MR) is 76.6 cm³/mol. The average Bonchev–Trinajstić information content (AvgIpc) is 2.39. The molecule has 0 aromatic heterocycles. The summed E-state index contributed by atoms with van der Waals surface area (Å²) in [6, 6.07) is 0. The van der Waals surface area contributed by atoms with Gasteiger partial charge >= 0.3 is 0 Å². The highest BCUT2D eigenvalue weighted by molar-refractivity contribution is 4.49. The zero-order valence-corrected chi connectivity index (χ0v) is 12.1. The standard InChI is InChI=1S/C16H32F2/c17-15-13-11-9-7-5-3-1-2-4-6-8-10-12-14-16-18/h1-16H2. The van der Waals surface area contributed by atoms with Crippen molar-refractivity contribution in [2.24, 2.45) is 0 Å². The Morgan fingerprint density at radius 3 is 0.611 bits per heavy atom. The summed E-state index contributed by atoms with van der Waals surface area (Å²) in [5, 5.41) is 0. The Balaban J connectivity index is 2.86. The minimum absolute atomic E-state index is 0.147. The van der Waals surface area contributed by atoms with Crippen LogP contribution in [0.4, 0.5) is 8.78 Å². The minimum Gasteiger partial charge on any atom is -0.251 e. The lowest BCUT2D eigenvalue weighted by atomic mass is 10.0. The molecule has 0 radical (unpaired) electrons. The van der Waals surface area contributed by atoms with Crippen LogP contribution in [0, 0.1) is 0 Å². The first-order valence-corrected chi connectivity index (χ1v) is 8.03.